The Labute approximate surface area is 204 Å². The summed E-state index contributed by atoms with van der Waals surface area (Å²) in [6.07, 6.45) is 14.2. The van der Waals surface area contributed by atoms with E-state index in [1.807, 2.05) is 19.1 Å². The van der Waals surface area contributed by atoms with Gasteiger partial charge in [0, 0.05) is 0 Å². The van der Waals surface area contributed by atoms with E-state index in [9.17, 15) is 0 Å². The zero-order valence-corrected chi connectivity index (χ0v) is 25.4. The minimum Gasteiger partial charge on any atom is -0.103 e. The van der Waals surface area contributed by atoms with E-state index in [-0.39, 0.29) is 0 Å². The highest BCUT2D eigenvalue weighted by atomic mass is 27.2. The fourth-order valence-electron chi connectivity index (χ4n) is 3.52. The predicted octanol–water partition coefficient (Wildman–Crippen LogP) is 9.86. The molecular formula is C28H58Al2. The predicted molar refractivity (Wildman–Crippen MR) is 150 cm³/mol. The minimum absolute atomic E-state index is 0.316. The molecule has 0 radical (unpaired) electrons. The molecule has 0 aliphatic carbocycles. The van der Waals surface area contributed by atoms with E-state index in [1.165, 1.54) is 23.4 Å². The number of allylic oxidation sites excluding steroid dienone is 5. The molecule has 0 aromatic heterocycles. The van der Waals surface area contributed by atoms with Gasteiger partial charge in [0.25, 0.3) is 14.1 Å². The van der Waals surface area contributed by atoms with Crippen molar-refractivity contribution in [1.29, 1.82) is 0 Å². The molecule has 0 saturated heterocycles. The Morgan fingerprint density at radius 2 is 1.20 bits per heavy atom. The lowest BCUT2D eigenvalue weighted by Gasteiger charge is -2.15. The smallest absolute Gasteiger partial charge is 0.103 e. The van der Waals surface area contributed by atoms with Gasteiger partial charge in [0.05, 0.1) is 0 Å². The summed E-state index contributed by atoms with van der Waals surface area (Å²) in [5, 5.41) is 7.74. The van der Waals surface area contributed by atoms with Gasteiger partial charge in [-0.3, -0.25) is 0 Å². The maximum Gasteiger partial charge on any atom is 0.262 e. The maximum atomic E-state index is 3.55. The Balaban J connectivity index is -0.000000411. The Kier molecular flexibility index (Phi) is 31.8. The molecule has 0 N–H and O–H groups in total. The number of hydrogen-bond donors (Lipinski definition) is 0. The van der Waals surface area contributed by atoms with Crippen molar-refractivity contribution in [2.75, 3.05) is 0 Å². The second-order valence-corrected chi connectivity index (χ2v) is 15.6. The van der Waals surface area contributed by atoms with Gasteiger partial charge in [0.1, 0.15) is 0 Å². The maximum absolute atomic E-state index is 3.55. The monoisotopic (exact) mass is 448 g/mol. The van der Waals surface area contributed by atoms with Crippen LogP contribution in [0.3, 0.4) is 0 Å². The summed E-state index contributed by atoms with van der Waals surface area (Å²) in [5.74, 6) is 3.75. The molecule has 0 saturated carbocycles. The zero-order valence-electron chi connectivity index (χ0n) is 22.8. The molecule has 0 aliphatic rings. The first-order valence-electron chi connectivity index (χ1n) is 12.9. The fraction of sp³-hybridized carbons (Fsp3) is 0.786. The molecule has 0 nitrogen and oxygen atoms in total. The summed E-state index contributed by atoms with van der Waals surface area (Å²) >= 11 is -0.110. The van der Waals surface area contributed by atoms with Crippen molar-refractivity contribution in [3.05, 3.63) is 37.0 Å². The molecule has 0 aromatic carbocycles. The van der Waals surface area contributed by atoms with Gasteiger partial charge in [0.15, 0.2) is 0 Å². The average Bonchev–Trinajstić information content (AvgIpc) is 2.63. The van der Waals surface area contributed by atoms with Crippen molar-refractivity contribution in [3.8, 4) is 0 Å². The number of hydrogen-bond acceptors (Lipinski definition) is 0. The molecule has 0 fully saturated rings. The molecule has 0 bridgehead atoms. The van der Waals surface area contributed by atoms with E-state index in [2.05, 4.69) is 87.1 Å². The fourth-order valence-corrected chi connectivity index (χ4v) is 9.54. The van der Waals surface area contributed by atoms with Gasteiger partial charge in [0.2, 0.25) is 15.2 Å². The average molecular weight is 449 g/mol. The molecule has 30 heavy (non-hydrogen) atoms. The topological polar surface area (TPSA) is 0 Å². The van der Waals surface area contributed by atoms with Gasteiger partial charge < -0.3 is 0 Å². The van der Waals surface area contributed by atoms with E-state index in [0.29, 0.717) is 15.2 Å². The Morgan fingerprint density at radius 1 is 0.733 bits per heavy atom. The van der Waals surface area contributed by atoms with Crippen molar-refractivity contribution >= 4 is 29.4 Å². The second kappa shape index (κ2) is 27.3. The highest BCUT2D eigenvalue weighted by molar-refractivity contribution is 6.58. The molecule has 0 unspecified atom stereocenters. The lowest BCUT2D eigenvalue weighted by Crippen LogP contribution is -2.17. The van der Waals surface area contributed by atoms with Crippen LogP contribution in [-0.2, 0) is 0 Å². The van der Waals surface area contributed by atoms with Crippen LogP contribution in [-0.4, -0.2) is 29.4 Å². The molecule has 0 aromatic rings. The molecule has 0 spiro atoms. The highest BCUT2D eigenvalue weighted by Crippen LogP contribution is 2.19. The van der Waals surface area contributed by atoms with E-state index < -0.39 is 14.1 Å². The van der Waals surface area contributed by atoms with Crippen LogP contribution in [0.15, 0.2) is 37.0 Å². The first-order valence-corrected chi connectivity index (χ1v) is 17.4. The molecule has 0 aliphatic heterocycles. The summed E-state index contributed by atoms with van der Waals surface area (Å²) in [6, 6.07) is 0. The van der Waals surface area contributed by atoms with Gasteiger partial charge in [-0.1, -0.05) is 142 Å². The molecule has 0 rings (SSSR count). The Bertz CT molecular complexity index is 360. The second-order valence-electron chi connectivity index (χ2n) is 10.4. The molecule has 0 amide bonds. The van der Waals surface area contributed by atoms with Crippen LogP contribution < -0.4 is 0 Å². The standard InChI is InChI=1S/C6H11.C6H10.4C4H9.2Al.H/c2*1-3-5-6-4-2;4*1-4(2)3;;;/h4,6H,1,3,5H2,2H3;3-4,6H,1,5H2,2H3;4*4H,1H2,2-3H3;;;/b2*6-4+;;;;;;;. The first kappa shape index (κ1) is 34.9. The SMILES string of the molecule is C/C=C/CC[CH2][Al]([CH2]C(C)C)[CH2]C(C)C.C=CC/C=C/C.CC(C)[CH2][AlH][CH2]C(C)C. The quantitative estimate of drug-likeness (QED) is 0.141. The highest BCUT2D eigenvalue weighted by Gasteiger charge is 2.18. The van der Waals surface area contributed by atoms with Crippen LogP contribution in [0.2, 0.25) is 26.4 Å². The van der Waals surface area contributed by atoms with Crippen molar-refractivity contribution in [2.24, 2.45) is 23.7 Å². The first-order chi connectivity index (χ1) is 14.1. The third-order valence-corrected chi connectivity index (χ3v) is 12.5. The third-order valence-electron chi connectivity index (χ3n) is 4.93. The third kappa shape index (κ3) is 38.8. The van der Waals surface area contributed by atoms with Gasteiger partial charge >= 0.3 is 0 Å². The minimum atomic E-state index is -0.426. The Morgan fingerprint density at radius 3 is 1.50 bits per heavy atom. The molecule has 176 valence electrons. The van der Waals surface area contributed by atoms with Gasteiger partial charge in [-0.05, 0) is 26.7 Å². The molecular weight excluding hydrogens is 390 g/mol. The van der Waals surface area contributed by atoms with Crippen molar-refractivity contribution in [1.82, 2.24) is 0 Å². The molecule has 2 heteroatoms. The van der Waals surface area contributed by atoms with Crippen LogP contribution >= 0.6 is 0 Å². The summed E-state index contributed by atoms with van der Waals surface area (Å²) in [5.41, 5.74) is 0. The number of unbranched alkanes of at least 4 members (excludes halogenated alkanes) is 1. The summed E-state index contributed by atoms with van der Waals surface area (Å²) < 4.78 is 0. The van der Waals surface area contributed by atoms with Crippen molar-refractivity contribution in [2.45, 2.75) is 115 Å². The van der Waals surface area contributed by atoms with Crippen LogP contribution in [0.4, 0.5) is 0 Å². The number of rotatable bonds is 14. The van der Waals surface area contributed by atoms with Gasteiger partial charge in [-0.25, -0.2) is 0 Å². The summed E-state index contributed by atoms with van der Waals surface area (Å²) in [4.78, 5) is 0. The summed E-state index contributed by atoms with van der Waals surface area (Å²) in [6.45, 7) is 26.5. The summed E-state index contributed by atoms with van der Waals surface area (Å²) in [7, 11) is 0. The molecule has 0 atom stereocenters. The van der Waals surface area contributed by atoms with E-state index in [0.717, 1.165) is 30.1 Å². The lowest BCUT2D eigenvalue weighted by molar-refractivity contribution is 0.683. The van der Waals surface area contributed by atoms with Crippen LogP contribution in [0.1, 0.15) is 88.5 Å². The van der Waals surface area contributed by atoms with Crippen molar-refractivity contribution in [3.63, 3.8) is 0 Å². The zero-order chi connectivity index (χ0) is 23.8. The van der Waals surface area contributed by atoms with E-state index in [1.54, 1.807) is 15.8 Å². The normalized spacial score (nSPS) is 11.1. The van der Waals surface area contributed by atoms with Crippen molar-refractivity contribution < 1.29 is 0 Å². The van der Waals surface area contributed by atoms with Crippen LogP contribution in [0.5, 0.6) is 0 Å². The Hall–Kier alpha value is 0.285. The molecule has 0 heterocycles. The van der Waals surface area contributed by atoms with E-state index >= 15 is 0 Å². The van der Waals surface area contributed by atoms with Gasteiger partial charge in [-0.2, -0.15) is 0 Å². The lowest BCUT2D eigenvalue weighted by atomic mass is 10.3. The van der Waals surface area contributed by atoms with Gasteiger partial charge in [-0.15, -0.1) is 6.58 Å². The van der Waals surface area contributed by atoms with Crippen LogP contribution in [0, 0.1) is 23.7 Å². The van der Waals surface area contributed by atoms with Crippen LogP contribution in [0.25, 0.3) is 0 Å². The van der Waals surface area contributed by atoms with E-state index in [4.69, 9.17) is 0 Å². The largest absolute Gasteiger partial charge is 0.262 e.